The predicted octanol–water partition coefficient (Wildman–Crippen LogP) is 2.51. The Balaban J connectivity index is 2.10. The van der Waals surface area contributed by atoms with Crippen molar-refractivity contribution in [1.82, 2.24) is 14.5 Å². The summed E-state index contributed by atoms with van der Waals surface area (Å²) >= 11 is 0. The third kappa shape index (κ3) is 2.46. The van der Waals surface area contributed by atoms with Crippen LogP contribution in [-0.2, 0) is 13.1 Å². The van der Waals surface area contributed by atoms with Crippen LogP contribution in [-0.4, -0.2) is 34.1 Å². The minimum absolute atomic E-state index is 0.0586. The van der Waals surface area contributed by atoms with Gasteiger partial charge in [0.2, 0.25) is 0 Å². The Morgan fingerprint density at radius 3 is 2.91 bits per heavy atom. The fourth-order valence-electron chi connectivity index (χ4n) is 3.09. The first-order valence-corrected chi connectivity index (χ1v) is 7.67. The second-order valence-electron chi connectivity index (χ2n) is 6.25. The van der Waals surface area contributed by atoms with Crippen LogP contribution in [0.2, 0.25) is 0 Å². The van der Waals surface area contributed by atoms with E-state index in [0.717, 1.165) is 29.9 Å². The molecule has 1 atom stereocenters. The van der Waals surface area contributed by atoms with E-state index in [1.807, 2.05) is 10.6 Å². The van der Waals surface area contributed by atoms with Gasteiger partial charge in [0.05, 0.1) is 12.6 Å². The van der Waals surface area contributed by atoms with Crippen molar-refractivity contribution < 1.29 is 4.74 Å². The standard InChI is InChI=1S/C17H23N3O2/c1-11(2)7-8-19-10-13-5-6-14(22-4)15-16(13)20(9-12(19)3)17(21)18-15/h5-7,12H,8-10H2,1-4H3,(H,18,21). The molecule has 1 N–H and O–H groups in total. The van der Waals surface area contributed by atoms with Crippen LogP contribution in [0, 0.1) is 0 Å². The molecule has 5 heteroatoms. The summed E-state index contributed by atoms with van der Waals surface area (Å²) in [5.41, 5.74) is 4.21. The zero-order valence-corrected chi connectivity index (χ0v) is 13.6. The SMILES string of the molecule is COc1ccc2c3c1[nH]c(=O)n3CC(C)N(CC=C(C)C)C2. The van der Waals surface area contributed by atoms with Gasteiger partial charge in [-0.15, -0.1) is 0 Å². The van der Waals surface area contributed by atoms with Crippen molar-refractivity contribution in [2.24, 2.45) is 0 Å². The number of methoxy groups -OCH3 is 1. The van der Waals surface area contributed by atoms with Gasteiger partial charge in [-0.05, 0) is 32.4 Å². The molecule has 3 rings (SSSR count). The number of aromatic nitrogens is 2. The van der Waals surface area contributed by atoms with Crippen molar-refractivity contribution in [1.29, 1.82) is 0 Å². The molecule has 0 aliphatic carbocycles. The first kappa shape index (κ1) is 14.9. The average molecular weight is 301 g/mol. The molecule has 0 spiro atoms. The second kappa shape index (κ2) is 5.65. The summed E-state index contributed by atoms with van der Waals surface area (Å²) in [6.45, 7) is 8.83. The highest BCUT2D eigenvalue weighted by atomic mass is 16.5. The molecule has 1 aromatic carbocycles. The van der Waals surface area contributed by atoms with Gasteiger partial charge in [0.15, 0.2) is 0 Å². The minimum Gasteiger partial charge on any atom is -0.494 e. The molecule has 1 aliphatic heterocycles. The fourth-order valence-corrected chi connectivity index (χ4v) is 3.09. The van der Waals surface area contributed by atoms with E-state index >= 15 is 0 Å². The number of imidazole rings is 1. The Hall–Kier alpha value is -2.01. The summed E-state index contributed by atoms with van der Waals surface area (Å²) in [7, 11) is 1.63. The van der Waals surface area contributed by atoms with Gasteiger partial charge in [0, 0.05) is 25.7 Å². The third-order valence-corrected chi connectivity index (χ3v) is 4.37. The molecule has 0 amide bonds. The Morgan fingerprint density at radius 1 is 1.45 bits per heavy atom. The molecule has 1 aliphatic rings. The van der Waals surface area contributed by atoms with Crippen molar-refractivity contribution >= 4 is 11.0 Å². The molecule has 22 heavy (non-hydrogen) atoms. The lowest BCUT2D eigenvalue weighted by Gasteiger charge is -2.26. The molecule has 0 bridgehead atoms. The molecule has 0 fully saturated rings. The van der Waals surface area contributed by atoms with E-state index < -0.39 is 0 Å². The molecular formula is C17H23N3O2. The molecule has 5 nitrogen and oxygen atoms in total. The van der Waals surface area contributed by atoms with Gasteiger partial charge in [0.25, 0.3) is 0 Å². The Labute approximate surface area is 130 Å². The number of benzene rings is 1. The largest absolute Gasteiger partial charge is 0.494 e. The molecule has 2 heterocycles. The van der Waals surface area contributed by atoms with Crippen LogP contribution in [0.25, 0.3) is 11.0 Å². The van der Waals surface area contributed by atoms with E-state index in [4.69, 9.17) is 4.74 Å². The fraction of sp³-hybridized carbons (Fsp3) is 0.471. The number of aromatic amines is 1. The zero-order valence-electron chi connectivity index (χ0n) is 13.6. The maximum Gasteiger partial charge on any atom is 0.326 e. The molecule has 0 saturated carbocycles. The average Bonchev–Trinajstić information content (AvgIpc) is 2.72. The minimum atomic E-state index is -0.0586. The summed E-state index contributed by atoms with van der Waals surface area (Å²) in [4.78, 5) is 17.7. The van der Waals surface area contributed by atoms with Crippen LogP contribution in [0.3, 0.4) is 0 Å². The number of rotatable bonds is 3. The van der Waals surface area contributed by atoms with Crippen LogP contribution >= 0.6 is 0 Å². The quantitative estimate of drug-likeness (QED) is 0.886. The van der Waals surface area contributed by atoms with Gasteiger partial charge < -0.3 is 9.72 Å². The molecule has 1 aromatic heterocycles. The third-order valence-electron chi connectivity index (χ3n) is 4.37. The lowest BCUT2D eigenvalue weighted by atomic mass is 10.1. The Bertz CT molecular complexity index is 781. The van der Waals surface area contributed by atoms with Gasteiger partial charge in [0.1, 0.15) is 11.3 Å². The maximum absolute atomic E-state index is 12.3. The van der Waals surface area contributed by atoms with E-state index in [-0.39, 0.29) is 5.69 Å². The predicted molar refractivity (Wildman–Crippen MR) is 88.4 cm³/mol. The van der Waals surface area contributed by atoms with Crippen LogP contribution in [0.5, 0.6) is 5.75 Å². The van der Waals surface area contributed by atoms with E-state index in [9.17, 15) is 4.79 Å². The highest BCUT2D eigenvalue weighted by Gasteiger charge is 2.24. The maximum atomic E-state index is 12.3. The number of ether oxygens (including phenoxy) is 1. The van der Waals surface area contributed by atoms with Crippen LogP contribution in [0.15, 0.2) is 28.6 Å². The number of nitrogens with one attached hydrogen (secondary N) is 1. The monoisotopic (exact) mass is 301 g/mol. The van der Waals surface area contributed by atoms with Crippen molar-refractivity contribution in [3.8, 4) is 5.75 Å². The molecule has 1 unspecified atom stereocenters. The molecule has 0 saturated heterocycles. The molecule has 0 radical (unpaired) electrons. The van der Waals surface area contributed by atoms with Crippen LogP contribution < -0.4 is 10.4 Å². The lowest BCUT2D eigenvalue weighted by molar-refractivity contribution is 0.210. The smallest absolute Gasteiger partial charge is 0.326 e. The first-order chi connectivity index (χ1) is 10.5. The number of H-pyrrole nitrogens is 1. The van der Waals surface area contributed by atoms with Crippen LogP contribution in [0.4, 0.5) is 0 Å². The highest BCUT2D eigenvalue weighted by Crippen LogP contribution is 2.29. The van der Waals surface area contributed by atoms with Crippen LogP contribution in [0.1, 0.15) is 26.3 Å². The Kier molecular flexibility index (Phi) is 3.83. The lowest BCUT2D eigenvalue weighted by Crippen LogP contribution is -2.36. The van der Waals surface area contributed by atoms with Gasteiger partial charge in [-0.25, -0.2) is 4.79 Å². The summed E-state index contributed by atoms with van der Waals surface area (Å²) in [6, 6.07) is 4.30. The van der Waals surface area contributed by atoms with Gasteiger partial charge in [-0.3, -0.25) is 9.47 Å². The first-order valence-electron chi connectivity index (χ1n) is 7.67. The number of nitrogens with zero attached hydrogens (tertiary/aromatic N) is 2. The summed E-state index contributed by atoms with van der Waals surface area (Å²) < 4.78 is 7.23. The van der Waals surface area contributed by atoms with Crippen molar-refractivity contribution in [2.75, 3.05) is 13.7 Å². The van der Waals surface area contributed by atoms with Crippen molar-refractivity contribution in [3.63, 3.8) is 0 Å². The Morgan fingerprint density at radius 2 is 2.23 bits per heavy atom. The molecule has 118 valence electrons. The summed E-state index contributed by atoms with van der Waals surface area (Å²) in [6.07, 6.45) is 2.24. The zero-order chi connectivity index (χ0) is 15.9. The summed E-state index contributed by atoms with van der Waals surface area (Å²) in [5.74, 6) is 0.722. The second-order valence-corrected chi connectivity index (χ2v) is 6.25. The van der Waals surface area contributed by atoms with E-state index in [1.165, 1.54) is 11.1 Å². The number of hydrogen-bond donors (Lipinski definition) is 1. The van der Waals surface area contributed by atoms with E-state index in [1.54, 1.807) is 7.11 Å². The number of allylic oxidation sites excluding steroid dienone is 1. The topological polar surface area (TPSA) is 50.3 Å². The van der Waals surface area contributed by atoms with Gasteiger partial charge >= 0.3 is 5.69 Å². The van der Waals surface area contributed by atoms with Crippen molar-refractivity contribution in [3.05, 3.63) is 39.8 Å². The van der Waals surface area contributed by atoms with E-state index in [2.05, 4.69) is 42.8 Å². The van der Waals surface area contributed by atoms with Gasteiger partial charge in [-0.1, -0.05) is 17.7 Å². The number of hydrogen-bond acceptors (Lipinski definition) is 3. The molecule has 2 aromatic rings. The van der Waals surface area contributed by atoms with E-state index in [0.29, 0.717) is 12.6 Å². The molecular weight excluding hydrogens is 278 g/mol. The van der Waals surface area contributed by atoms with Gasteiger partial charge in [-0.2, -0.15) is 0 Å². The summed E-state index contributed by atoms with van der Waals surface area (Å²) in [5, 5.41) is 0. The highest BCUT2D eigenvalue weighted by molar-refractivity contribution is 5.85. The van der Waals surface area contributed by atoms with Crippen molar-refractivity contribution in [2.45, 2.75) is 39.9 Å². The normalized spacial score (nSPS) is 18.3.